The summed E-state index contributed by atoms with van der Waals surface area (Å²) in [6, 6.07) is 29.7. The minimum Gasteiger partial charge on any atom is -0.512 e. The molecule has 1 aliphatic carbocycles. The van der Waals surface area contributed by atoms with Gasteiger partial charge in [-0.2, -0.15) is 0 Å². The van der Waals surface area contributed by atoms with Crippen LogP contribution in [0.25, 0.3) is 53.7 Å². The number of ketones is 1. The Morgan fingerprint density at radius 1 is 0.873 bits per heavy atom. The van der Waals surface area contributed by atoms with Gasteiger partial charge in [0.1, 0.15) is 5.76 Å². The largest absolute Gasteiger partial charge is 0.512 e. The third-order valence-corrected chi connectivity index (χ3v) is 13.2. The second-order valence-corrected chi connectivity index (χ2v) is 16.9. The van der Waals surface area contributed by atoms with Crippen LogP contribution >= 0.6 is 11.3 Å². The number of thiophene rings is 1. The molecule has 1 N–H and O–H groups in total. The van der Waals surface area contributed by atoms with Crippen LogP contribution in [0.4, 0.5) is 0 Å². The predicted octanol–water partition coefficient (Wildman–Crippen LogP) is 13.6. The molecule has 0 aliphatic heterocycles. The van der Waals surface area contributed by atoms with E-state index in [0.29, 0.717) is 5.92 Å². The van der Waals surface area contributed by atoms with Gasteiger partial charge in [0.05, 0.1) is 0 Å². The van der Waals surface area contributed by atoms with Crippen LogP contribution in [0.15, 0.2) is 97.0 Å². The van der Waals surface area contributed by atoms with Gasteiger partial charge >= 0.3 is 0 Å². The maximum absolute atomic E-state index is 12.2. The third kappa shape index (κ3) is 8.73. The number of nitrogens with zero attached hydrogens (tertiary/aromatic N) is 2. The summed E-state index contributed by atoms with van der Waals surface area (Å²) >= 11 is 1.90. The van der Waals surface area contributed by atoms with Crippen LogP contribution in [0.1, 0.15) is 97.9 Å². The summed E-state index contributed by atoms with van der Waals surface area (Å²) in [6.07, 6.45) is 11.9. The van der Waals surface area contributed by atoms with Crippen molar-refractivity contribution < 1.29 is 30.0 Å². The first-order valence-corrected chi connectivity index (χ1v) is 20.6. The normalized spacial score (nSPS) is 12.9. The Morgan fingerprint density at radius 3 is 2.22 bits per heavy atom. The number of pyridine rings is 2. The van der Waals surface area contributed by atoms with Crippen molar-refractivity contribution in [2.24, 2.45) is 16.7 Å². The number of carbonyl (C=O) groups excluding carboxylic acids is 1. The van der Waals surface area contributed by atoms with Crippen molar-refractivity contribution in [3.05, 3.63) is 120 Å². The number of aliphatic hydroxyl groups excluding tert-OH is 1. The number of allylic oxidation sites excluding steroid dienone is 2. The van der Waals surface area contributed by atoms with E-state index in [1.807, 2.05) is 59.1 Å². The number of fused-ring (bicyclic) bond motifs is 6. The monoisotopic (exact) mass is 928 g/mol. The molecule has 1 radical (unpaired) electrons. The van der Waals surface area contributed by atoms with E-state index in [1.54, 1.807) is 0 Å². The van der Waals surface area contributed by atoms with Gasteiger partial charge in [0.2, 0.25) is 0 Å². The number of carbonyl (C=O) groups is 1. The molecule has 7 rings (SSSR count). The fourth-order valence-electron chi connectivity index (χ4n) is 7.39. The average Bonchev–Trinajstić information content (AvgIpc) is 3.59. The summed E-state index contributed by atoms with van der Waals surface area (Å²) in [5.41, 5.74) is 9.29. The van der Waals surface area contributed by atoms with Crippen molar-refractivity contribution in [1.82, 2.24) is 9.97 Å². The minimum absolute atomic E-state index is 0. The second-order valence-electron chi connectivity index (χ2n) is 15.8. The van der Waals surface area contributed by atoms with Crippen LogP contribution in [-0.2, 0) is 44.2 Å². The van der Waals surface area contributed by atoms with Gasteiger partial charge in [-0.15, -0.1) is 34.9 Å². The number of aryl methyl sites for hydroxylation is 2. The number of aliphatic hydroxyl groups is 1. The molecule has 3 aromatic heterocycles. The first-order chi connectivity index (χ1) is 25.9. The Morgan fingerprint density at radius 2 is 1.55 bits per heavy atom. The van der Waals surface area contributed by atoms with Crippen LogP contribution in [0.3, 0.4) is 0 Å². The van der Waals surface area contributed by atoms with Crippen LogP contribution in [0.2, 0.25) is 0 Å². The van der Waals surface area contributed by atoms with Crippen molar-refractivity contribution >= 4 is 38.0 Å². The standard InChI is InChI=1S/C34H27N2S.C15H28O2.Ir/c1-21(2)16-26-19-30-24(20-36-26)12-13-28-32-31(37-34(28)30)14-15-35-33(32)25-17-23-10-6-7-11-27(23)29(18-25)22-8-4-3-5-9-22;1-7-14(5,8-2)12(16)11-13(17)15(6,9-3)10-4;/h3-11,14-15,18-21H,12-13,16H2,1-2H3;11,16H,7-10H2,1-6H3;/q-1;;/b;12-11-;. The predicted molar refractivity (Wildman–Crippen MR) is 229 cm³/mol. The van der Waals surface area contributed by atoms with Gasteiger partial charge in [-0.3, -0.25) is 14.8 Å². The van der Waals surface area contributed by atoms with E-state index in [2.05, 4.69) is 98.9 Å². The smallest absolute Gasteiger partial charge is 0.164 e. The topological polar surface area (TPSA) is 63.1 Å². The van der Waals surface area contributed by atoms with Gasteiger partial charge in [0.25, 0.3) is 0 Å². The molecule has 0 atom stereocenters. The van der Waals surface area contributed by atoms with E-state index in [4.69, 9.17) is 9.97 Å². The van der Waals surface area contributed by atoms with Crippen molar-refractivity contribution in [1.29, 1.82) is 0 Å². The summed E-state index contributed by atoms with van der Waals surface area (Å²) in [4.78, 5) is 23.3. The molecular weight excluding hydrogens is 873 g/mol. The Labute approximate surface area is 345 Å². The molecule has 6 aromatic rings. The van der Waals surface area contributed by atoms with Crippen LogP contribution in [-0.4, -0.2) is 20.9 Å². The molecule has 0 bridgehead atoms. The molecule has 0 amide bonds. The summed E-state index contributed by atoms with van der Waals surface area (Å²) < 4.78 is 1.30. The zero-order chi connectivity index (χ0) is 38.6. The Hall–Kier alpha value is -3.96. The van der Waals surface area contributed by atoms with E-state index < -0.39 is 0 Å². The average molecular weight is 928 g/mol. The molecule has 1 aliphatic rings. The molecule has 0 saturated heterocycles. The molecule has 3 aromatic carbocycles. The van der Waals surface area contributed by atoms with Gasteiger partial charge in [0.15, 0.2) is 5.78 Å². The van der Waals surface area contributed by atoms with Crippen molar-refractivity contribution in [2.45, 2.75) is 100 Å². The van der Waals surface area contributed by atoms with Gasteiger partial charge in [0, 0.05) is 70.4 Å². The minimum atomic E-state index is -0.337. The fraction of sp³-hybridized carbons (Fsp3) is 0.367. The molecule has 0 fully saturated rings. The van der Waals surface area contributed by atoms with Crippen molar-refractivity contribution in [3.8, 4) is 32.8 Å². The van der Waals surface area contributed by atoms with E-state index in [0.717, 1.165) is 61.6 Å². The summed E-state index contributed by atoms with van der Waals surface area (Å²) in [5.74, 6) is 0.878. The van der Waals surface area contributed by atoms with E-state index >= 15 is 0 Å². The van der Waals surface area contributed by atoms with Crippen LogP contribution in [0.5, 0.6) is 0 Å². The number of hydrogen-bond acceptors (Lipinski definition) is 5. The maximum atomic E-state index is 12.2. The fourth-order valence-corrected chi connectivity index (χ4v) is 8.69. The Balaban J connectivity index is 0.000000276. The van der Waals surface area contributed by atoms with E-state index in [9.17, 15) is 9.90 Å². The van der Waals surface area contributed by atoms with Gasteiger partial charge in [-0.1, -0.05) is 120 Å². The number of aromatic nitrogens is 2. The molecule has 289 valence electrons. The van der Waals surface area contributed by atoms with Crippen LogP contribution < -0.4 is 0 Å². The third-order valence-electron chi connectivity index (χ3n) is 12.0. The first kappa shape index (κ1) is 42.2. The summed E-state index contributed by atoms with van der Waals surface area (Å²) in [6.45, 7) is 16.6. The molecule has 3 heterocycles. The SMILES string of the molecule is CC(C)Cc1cc2c(cn1)CCc1c-2sc2ccnc(-c3[c-]c4ccccc4c(-c4ccccc4)c3)c12.CCC(C)(CC)C(=O)/C=C(\O)C(C)(CC)CC.[Ir]. The molecule has 0 spiro atoms. The Kier molecular flexibility index (Phi) is 13.7. The molecule has 4 nitrogen and oxygen atoms in total. The summed E-state index contributed by atoms with van der Waals surface area (Å²) in [7, 11) is 0. The molecule has 6 heteroatoms. The molecular formula is C49H55IrN2O2S-. The van der Waals surface area contributed by atoms with Crippen molar-refractivity contribution in [3.63, 3.8) is 0 Å². The number of benzene rings is 3. The maximum Gasteiger partial charge on any atom is 0.164 e. The van der Waals surface area contributed by atoms with E-state index in [1.165, 1.54) is 59.9 Å². The van der Waals surface area contributed by atoms with Crippen molar-refractivity contribution in [2.75, 3.05) is 0 Å². The summed E-state index contributed by atoms with van der Waals surface area (Å²) in [5, 5.41) is 13.8. The first-order valence-electron chi connectivity index (χ1n) is 19.8. The van der Waals surface area contributed by atoms with Gasteiger partial charge in [-0.25, -0.2) is 0 Å². The number of hydrogen-bond donors (Lipinski definition) is 1. The Bertz CT molecular complexity index is 2300. The quantitative estimate of drug-likeness (QED) is 0.0799. The van der Waals surface area contributed by atoms with Crippen LogP contribution in [0, 0.1) is 22.8 Å². The number of rotatable bonds is 11. The zero-order valence-electron chi connectivity index (χ0n) is 33.7. The van der Waals surface area contributed by atoms with Gasteiger partial charge < -0.3 is 5.11 Å². The molecule has 0 saturated carbocycles. The van der Waals surface area contributed by atoms with E-state index in [-0.39, 0.29) is 42.5 Å². The molecule has 0 unspecified atom stereocenters. The van der Waals surface area contributed by atoms with Gasteiger partial charge in [-0.05, 0) is 90.6 Å². The molecule has 55 heavy (non-hydrogen) atoms. The second kappa shape index (κ2) is 17.9. The zero-order valence-corrected chi connectivity index (χ0v) is 36.9.